The summed E-state index contributed by atoms with van der Waals surface area (Å²) >= 11 is 0. The highest BCUT2D eigenvalue weighted by Crippen LogP contribution is 2.28. The Morgan fingerprint density at radius 3 is 2.80 bits per heavy atom. The number of pyridine rings is 1. The highest BCUT2D eigenvalue weighted by molar-refractivity contribution is 5.93. The van der Waals surface area contributed by atoms with Crippen molar-refractivity contribution in [1.82, 2.24) is 19.7 Å². The average Bonchev–Trinajstić information content (AvgIpc) is 2.99. The number of carbonyl (C=O) groups is 2. The van der Waals surface area contributed by atoms with Crippen LogP contribution in [0.5, 0.6) is 0 Å². The second-order valence-electron chi connectivity index (χ2n) is 5.90. The molecule has 2 radical (unpaired) electrons. The molecule has 0 spiro atoms. The lowest BCUT2D eigenvalue weighted by molar-refractivity contribution is -0.128. The summed E-state index contributed by atoms with van der Waals surface area (Å²) in [5.74, 6) is -0.136. The quantitative estimate of drug-likeness (QED) is 0.769. The molecule has 0 saturated heterocycles. The maximum absolute atomic E-state index is 12.4. The van der Waals surface area contributed by atoms with Gasteiger partial charge in [-0.15, -0.1) is 0 Å². The summed E-state index contributed by atoms with van der Waals surface area (Å²) in [6, 6.07) is 6.83. The van der Waals surface area contributed by atoms with Crippen molar-refractivity contribution < 1.29 is 9.59 Å². The number of aromatic nitrogens is 3. The zero-order valence-corrected chi connectivity index (χ0v) is 13.3. The molecule has 7 nitrogen and oxygen atoms in total. The van der Waals surface area contributed by atoms with Gasteiger partial charge in [0.25, 0.3) is 0 Å². The van der Waals surface area contributed by atoms with E-state index in [2.05, 4.69) is 16.5 Å². The molecule has 2 amide bonds. The molecule has 3 heterocycles. The molecule has 0 bridgehead atoms. The zero-order chi connectivity index (χ0) is 17.4. The van der Waals surface area contributed by atoms with E-state index in [1.807, 2.05) is 18.2 Å². The number of hydrogen-bond donors (Lipinski definition) is 1. The third kappa shape index (κ3) is 2.73. The highest BCUT2D eigenvalue weighted by atomic mass is 16.2. The summed E-state index contributed by atoms with van der Waals surface area (Å²) < 4.78 is 1.17. The third-order valence-corrected chi connectivity index (χ3v) is 4.36. The number of carbonyl (C=O) groups excluding carboxylic acids is 2. The van der Waals surface area contributed by atoms with Gasteiger partial charge in [0, 0.05) is 30.9 Å². The number of benzene rings is 1. The Bertz CT molecular complexity index is 964. The van der Waals surface area contributed by atoms with E-state index in [1.165, 1.54) is 4.68 Å². The van der Waals surface area contributed by atoms with Crippen LogP contribution in [0.4, 0.5) is 4.79 Å². The minimum absolute atomic E-state index is 0.136. The molecule has 7 heteroatoms. The number of rotatable bonds is 2. The lowest BCUT2D eigenvalue weighted by Gasteiger charge is -2.21. The third-order valence-electron chi connectivity index (χ3n) is 4.36. The Kier molecular flexibility index (Phi) is 3.68. The van der Waals surface area contributed by atoms with Gasteiger partial charge in [-0.05, 0) is 41.3 Å². The van der Waals surface area contributed by atoms with Crippen molar-refractivity contribution in [3.8, 4) is 0 Å². The molecule has 3 aromatic rings. The van der Waals surface area contributed by atoms with Gasteiger partial charge in [0.05, 0.1) is 18.1 Å². The molecular weight excluding hydrogens is 318 g/mol. The van der Waals surface area contributed by atoms with Crippen LogP contribution in [0.1, 0.15) is 16.7 Å². The highest BCUT2D eigenvalue weighted by Gasteiger charge is 2.24. The van der Waals surface area contributed by atoms with Gasteiger partial charge in [0.2, 0.25) is 5.91 Å². The second kappa shape index (κ2) is 6.01. The molecule has 0 unspecified atom stereocenters. The van der Waals surface area contributed by atoms with Crippen LogP contribution in [0.25, 0.3) is 10.9 Å². The largest absolute Gasteiger partial charge is 0.350 e. The first-order chi connectivity index (χ1) is 12.1. The molecular formula is C18H15N5O2. The topological polar surface area (TPSA) is 94.1 Å². The lowest BCUT2D eigenvalue weighted by atomic mass is 10.0. The maximum Gasteiger partial charge on any atom is 0.340 e. The van der Waals surface area contributed by atoms with E-state index < -0.39 is 6.03 Å². The minimum Gasteiger partial charge on any atom is -0.350 e. The number of nitrogens with zero attached hydrogens (tertiary/aromatic N) is 4. The molecule has 1 aliphatic heterocycles. The maximum atomic E-state index is 12.4. The van der Waals surface area contributed by atoms with E-state index in [9.17, 15) is 9.59 Å². The Balaban J connectivity index is 1.75. The van der Waals surface area contributed by atoms with Crippen molar-refractivity contribution in [1.29, 1.82) is 0 Å². The van der Waals surface area contributed by atoms with Gasteiger partial charge in [-0.25, -0.2) is 4.79 Å². The van der Waals surface area contributed by atoms with Crippen molar-refractivity contribution in [3.05, 3.63) is 66.0 Å². The Labute approximate surface area is 144 Å². The SMILES string of the molecule is NC(=O)n1ncc2c3c(ccc21)C[C]C(=O)N(Cc1ccncc1)C3. The summed E-state index contributed by atoms with van der Waals surface area (Å²) in [6.45, 7) is 0.888. The fourth-order valence-electron chi connectivity index (χ4n) is 3.11. The zero-order valence-electron chi connectivity index (χ0n) is 13.3. The van der Waals surface area contributed by atoms with E-state index >= 15 is 0 Å². The molecule has 0 aliphatic carbocycles. The Hall–Kier alpha value is -3.22. The van der Waals surface area contributed by atoms with Crippen LogP contribution in [0.3, 0.4) is 0 Å². The van der Waals surface area contributed by atoms with E-state index in [0.717, 1.165) is 22.1 Å². The molecule has 124 valence electrons. The summed E-state index contributed by atoms with van der Waals surface area (Å²) in [7, 11) is 0. The molecule has 2 N–H and O–H groups in total. The summed E-state index contributed by atoms with van der Waals surface area (Å²) in [5.41, 5.74) is 8.97. The van der Waals surface area contributed by atoms with Crippen molar-refractivity contribution in [2.45, 2.75) is 19.5 Å². The van der Waals surface area contributed by atoms with E-state index in [4.69, 9.17) is 5.73 Å². The first-order valence-electron chi connectivity index (χ1n) is 7.83. The van der Waals surface area contributed by atoms with Gasteiger partial charge in [0.15, 0.2) is 0 Å². The molecule has 1 aliphatic rings. The summed E-state index contributed by atoms with van der Waals surface area (Å²) in [5, 5.41) is 4.90. The van der Waals surface area contributed by atoms with Crippen LogP contribution in [-0.4, -0.2) is 31.6 Å². The number of amides is 2. The predicted octanol–water partition coefficient (Wildman–Crippen LogP) is 1.52. The van der Waals surface area contributed by atoms with Crippen LogP contribution in [0.2, 0.25) is 0 Å². The summed E-state index contributed by atoms with van der Waals surface area (Å²) in [6.07, 6.45) is 8.38. The van der Waals surface area contributed by atoms with Crippen LogP contribution in [0.15, 0.2) is 42.9 Å². The minimum atomic E-state index is -0.633. The Morgan fingerprint density at radius 2 is 2.04 bits per heavy atom. The Morgan fingerprint density at radius 1 is 1.24 bits per heavy atom. The smallest absolute Gasteiger partial charge is 0.340 e. The fraction of sp³-hybridized carbons (Fsp3) is 0.167. The molecule has 4 rings (SSSR count). The van der Waals surface area contributed by atoms with Gasteiger partial charge in [-0.3, -0.25) is 9.78 Å². The van der Waals surface area contributed by atoms with Crippen LogP contribution in [-0.2, 0) is 24.3 Å². The predicted molar refractivity (Wildman–Crippen MR) is 90.2 cm³/mol. The van der Waals surface area contributed by atoms with Gasteiger partial charge in [0.1, 0.15) is 0 Å². The molecule has 2 aromatic heterocycles. The molecule has 0 saturated carbocycles. The van der Waals surface area contributed by atoms with Crippen molar-refractivity contribution in [2.75, 3.05) is 0 Å². The van der Waals surface area contributed by atoms with Crippen molar-refractivity contribution in [2.24, 2.45) is 5.73 Å². The van der Waals surface area contributed by atoms with Crippen LogP contribution < -0.4 is 5.73 Å². The number of primary amides is 1. The molecule has 0 atom stereocenters. The molecule has 0 fully saturated rings. The van der Waals surface area contributed by atoms with E-state index in [0.29, 0.717) is 25.0 Å². The number of hydrogen-bond acceptors (Lipinski definition) is 4. The number of fused-ring (bicyclic) bond motifs is 3. The van der Waals surface area contributed by atoms with Crippen LogP contribution >= 0.6 is 0 Å². The lowest BCUT2D eigenvalue weighted by Crippen LogP contribution is -2.29. The monoisotopic (exact) mass is 333 g/mol. The van der Waals surface area contributed by atoms with Gasteiger partial charge >= 0.3 is 6.03 Å². The van der Waals surface area contributed by atoms with Gasteiger partial charge in [-0.1, -0.05) is 6.07 Å². The molecule has 25 heavy (non-hydrogen) atoms. The fourth-order valence-corrected chi connectivity index (χ4v) is 3.11. The molecule has 1 aromatic carbocycles. The average molecular weight is 333 g/mol. The standard InChI is InChI=1S/C18H15N5O2/c19-18(25)23-16-3-1-13-2-4-17(24)22(10-12-5-7-20-8-6-12)11-15(13)14(16)9-21-23/h1,3,5-9H,2,10-11H2,(H2,19,25). The van der Waals surface area contributed by atoms with Crippen molar-refractivity contribution >= 4 is 22.8 Å². The van der Waals surface area contributed by atoms with E-state index in [-0.39, 0.29) is 5.91 Å². The van der Waals surface area contributed by atoms with Crippen molar-refractivity contribution in [3.63, 3.8) is 0 Å². The number of nitrogens with two attached hydrogens (primary N) is 1. The first kappa shape index (κ1) is 15.3. The van der Waals surface area contributed by atoms with Gasteiger partial charge < -0.3 is 10.6 Å². The normalized spacial score (nSPS) is 14.4. The first-order valence-corrected chi connectivity index (χ1v) is 7.83. The van der Waals surface area contributed by atoms with E-state index in [1.54, 1.807) is 29.6 Å². The van der Waals surface area contributed by atoms with Gasteiger partial charge in [-0.2, -0.15) is 9.78 Å². The van der Waals surface area contributed by atoms with Crippen LogP contribution in [0, 0.1) is 6.42 Å². The second-order valence-corrected chi connectivity index (χ2v) is 5.90. The summed E-state index contributed by atoms with van der Waals surface area (Å²) in [4.78, 5) is 29.7.